The van der Waals surface area contributed by atoms with Crippen LogP contribution >= 0.6 is 0 Å². The monoisotopic (exact) mass is 272 g/mol. The molecular weight excluding hydrogens is 252 g/mol. The summed E-state index contributed by atoms with van der Waals surface area (Å²) in [6.45, 7) is 1.57. The Balaban J connectivity index is 1.90. The van der Waals surface area contributed by atoms with Crippen molar-refractivity contribution in [2.45, 2.75) is 12.8 Å². The maximum atomic E-state index is 12.0. The summed E-state index contributed by atoms with van der Waals surface area (Å²) in [6.07, 6.45) is 0.919. The van der Waals surface area contributed by atoms with E-state index in [0.29, 0.717) is 32.7 Å². The van der Waals surface area contributed by atoms with Gasteiger partial charge in [0, 0.05) is 20.0 Å². The van der Waals surface area contributed by atoms with Crippen LogP contribution in [-0.2, 0) is 20.7 Å². The second kappa shape index (κ2) is 7.78. The molecule has 0 amide bonds. The number of fused-ring (bicyclic) bond motifs is 1. The van der Waals surface area contributed by atoms with E-state index in [1.807, 2.05) is 24.3 Å². The van der Waals surface area contributed by atoms with Crippen molar-refractivity contribution >= 4 is 16.6 Å². The fraction of sp³-hybridized carbons (Fsp3) is 0.353. The summed E-state index contributed by atoms with van der Waals surface area (Å²) in [5.74, 6) is 0.207. The Morgan fingerprint density at radius 3 is 2.65 bits per heavy atom. The molecule has 20 heavy (non-hydrogen) atoms. The number of methoxy groups -OCH3 is 1. The van der Waals surface area contributed by atoms with E-state index in [2.05, 4.69) is 18.2 Å². The zero-order valence-electron chi connectivity index (χ0n) is 11.8. The molecule has 0 fully saturated rings. The van der Waals surface area contributed by atoms with Gasteiger partial charge in [0.25, 0.3) is 0 Å². The molecule has 0 bridgehead atoms. The van der Waals surface area contributed by atoms with Crippen LogP contribution in [0.5, 0.6) is 0 Å². The highest BCUT2D eigenvalue weighted by molar-refractivity contribution is 5.90. The van der Waals surface area contributed by atoms with Crippen molar-refractivity contribution in [1.82, 2.24) is 0 Å². The number of ether oxygens (including phenoxy) is 2. The third-order valence-corrected chi connectivity index (χ3v) is 3.22. The van der Waals surface area contributed by atoms with E-state index in [9.17, 15) is 4.79 Å². The van der Waals surface area contributed by atoms with Gasteiger partial charge in [0.15, 0.2) is 0 Å². The molecule has 2 rings (SSSR count). The van der Waals surface area contributed by atoms with Crippen LogP contribution in [0, 0.1) is 0 Å². The number of rotatable bonds is 8. The number of benzene rings is 2. The molecule has 0 atom stereocenters. The number of Topliss-reactive ketones (excluding diaryl/α,β-unsaturated/α-hetero) is 1. The molecule has 3 nitrogen and oxygen atoms in total. The number of carbonyl (C=O) groups excluding carboxylic acids is 1. The molecule has 106 valence electrons. The number of hydrogen-bond acceptors (Lipinski definition) is 3. The highest BCUT2D eigenvalue weighted by atomic mass is 16.5. The molecule has 2 aromatic rings. The molecule has 0 aliphatic rings. The van der Waals surface area contributed by atoms with Crippen LogP contribution in [0.4, 0.5) is 0 Å². The van der Waals surface area contributed by atoms with Crippen LogP contribution in [0.3, 0.4) is 0 Å². The van der Waals surface area contributed by atoms with Gasteiger partial charge >= 0.3 is 0 Å². The van der Waals surface area contributed by atoms with Crippen LogP contribution in [0.2, 0.25) is 0 Å². The molecule has 0 aliphatic heterocycles. The Morgan fingerprint density at radius 1 is 1.00 bits per heavy atom. The minimum atomic E-state index is 0.207. The maximum absolute atomic E-state index is 12.0. The maximum Gasteiger partial charge on any atom is 0.139 e. The second-order valence-electron chi connectivity index (χ2n) is 4.71. The van der Waals surface area contributed by atoms with Gasteiger partial charge in [-0.15, -0.1) is 0 Å². The van der Waals surface area contributed by atoms with Gasteiger partial charge in [-0.2, -0.15) is 0 Å². The van der Waals surface area contributed by atoms with E-state index < -0.39 is 0 Å². The van der Waals surface area contributed by atoms with Crippen molar-refractivity contribution in [1.29, 1.82) is 0 Å². The molecule has 0 radical (unpaired) electrons. The Bertz CT molecular complexity index is 558. The van der Waals surface area contributed by atoms with Crippen LogP contribution in [0.25, 0.3) is 10.8 Å². The zero-order valence-corrected chi connectivity index (χ0v) is 11.8. The predicted octanol–water partition coefficient (Wildman–Crippen LogP) is 3.00. The lowest BCUT2D eigenvalue weighted by molar-refractivity contribution is -0.119. The normalized spacial score (nSPS) is 10.8. The average molecular weight is 272 g/mol. The van der Waals surface area contributed by atoms with Crippen LogP contribution in [0.1, 0.15) is 12.0 Å². The highest BCUT2D eigenvalue weighted by Gasteiger charge is 2.06. The molecule has 0 aliphatic carbocycles. The van der Waals surface area contributed by atoms with Gasteiger partial charge in [0.1, 0.15) is 5.78 Å². The lowest BCUT2D eigenvalue weighted by Crippen LogP contribution is -2.09. The first kappa shape index (κ1) is 14.7. The minimum Gasteiger partial charge on any atom is -0.382 e. The Morgan fingerprint density at radius 2 is 1.80 bits per heavy atom. The number of hydrogen-bond donors (Lipinski definition) is 0. The summed E-state index contributed by atoms with van der Waals surface area (Å²) in [7, 11) is 1.63. The van der Waals surface area contributed by atoms with Crippen molar-refractivity contribution in [3.05, 3.63) is 48.0 Å². The fourth-order valence-electron chi connectivity index (χ4n) is 2.18. The van der Waals surface area contributed by atoms with Gasteiger partial charge in [-0.3, -0.25) is 4.79 Å². The lowest BCUT2D eigenvalue weighted by atomic mass is 10.00. The molecule has 0 unspecified atom stereocenters. The summed E-state index contributed by atoms with van der Waals surface area (Å²) in [6, 6.07) is 14.2. The number of carbonyl (C=O) groups is 1. The van der Waals surface area contributed by atoms with Gasteiger partial charge in [-0.05, 0) is 16.3 Å². The van der Waals surface area contributed by atoms with E-state index in [1.54, 1.807) is 7.11 Å². The smallest absolute Gasteiger partial charge is 0.139 e. The van der Waals surface area contributed by atoms with E-state index in [-0.39, 0.29) is 5.78 Å². The van der Waals surface area contributed by atoms with Crippen molar-refractivity contribution in [3.8, 4) is 0 Å². The van der Waals surface area contributed by atoms with Gasteiger partial charge in [0.05, 0.1) is 19.8 Å². The summed E-state index contributed by atoms with van der Waals surface area (Å²) in [4.78, 5) is 12.0. The summed E-state index contributed by atoms with van der Waals surface area (Å²) < 4.78 is 10.2. The van der Waals surface area contributed by atoms with Crippen molar-refractivity contribution in [3.63, 3.8) is 0 Å². The molecular formula is C17H20O3. The average Bonchev–Trinajstić information content (AvgIpc) is 2.47. The summed E-state index contributed by atoms with van der Waals surface area (Å²) in [5, 5.41) is 2.33. The third-order valence-electron chi connectivity index (χ3n) is 3.22. The topological polar surface area (TPSA) is 35.5 Å². The van der Waals surface area contributed by atoms with Gasteiger partial charge < -0.3 is 9.47 Å². The van der Waals surface area contributed by atoms with Crippen molar-refractivity contribution in [2.75, 3.05) is 26.9 Å². The molecule has 3 heteroatoms. The van der Waals surface area contributed by atoms with Gasteiger partial charge in [-0.1, -0.05) is 42.5 Å². The molecule has 2 aromatic carbocycles. The Labute approximate surface area is 119 Å². The standard InChI is InChI=1S/C17H20O3/c1-19-11-12-20-10-9-16(18)13-15-7-4-6-14-5-2-3-8-17(14)15/h2-8H,9-13H2,1H3. The molecule has 0 aromatic heterocycles. The highest BCUT2D eigenvalue weighted by Crippen LogP contribution is 2.19. The molecule has 0 heterocycles. The molecule has 0 spiro atoms. The molecule has 0 N–H and O–H groups in total. The minimum absolute atomic E-state index is 0.207. The van der Waals surface area contributed by atoms with Crippen LogP contribution in [0.15, 0.2) is 42.5 Å². The first-order valence-corrected chi connectivity index (χ1v) is 6.86. The van der Waals surface area contributed by atoms with E-state index >= 15 is 0 Å². The second-order valence-corrected chi connectivity index (χ2v) is 4.71. The fourth-order valence-corrected chi connectivity index (χ4v) is 2.18. The van der Waals surface area contributed by atoms with Gasteiger partial charge in [0.2, 0.25) is 0 Å². The SMILES string of the molecule is COCCOCCC(=O)Cc1cccc2ccccc12. The van der Waals surface area contributed by atoms with Crippen molar-refractivity contribution in [2.24, 2.45) is 0 Å². The Hall–Kier alpha value is -1.71. The first-order chi connectivity index (χ1) is 9.81. The zero-order chi connectivity index (χ0) is 14.2. The van der Waals surface area contributed by atoms with Crippen molar-refractivity contribution < 1.29 is 14.3 Å². The van der Waals surface area contributed by atoms with E-state index in [1.165, 1.54) is 5.39 Å². The predicted molar refractivity (Wildman–Crippen MR) is 80.0 cm³/mol. The van der Waals surface area contributed by atoms with Gasteiger partial charge in [-0.25, -0.2) is 0 Å². The van der Waals surface area contributed by atoms with E-state index in [4.69, 9.17) is 9.47 Å². The van der Waals surface area contributed by atoms with E-state index in [0.717, 1.165) is 10.9 Å². The summed E-state index contributed by atoms with van der Waals surface area (Å²) in [5.41, 5.74) is 1.09. The number of ketones is 1. The summed E-state index contributed by atoms with van der Waals surface area (Å²) >= 11 is 0. The first-order valence-electron chi connectivity index (χ1n) is 6.86. The Kier molecular flexibility index (Phi) is 5.71. The third kappa shape index (κ3) is 4.15. The quantitative estimate of drug-likeness (QED) is 0.693. The molecule has 0 saturated heterocycles. The molecule has 0 saturated carbocycles. The largest absolute Gasteiger partial charge is 0.382 e. The van der Waals surface area contributed by atoms with Crippen LogP contribution < -0.4 is 0 Å². The van der Waals surface area contributed by atoms with Crippen LogP contribution in [-0.4, -0.2) is 32.7 Å². The lowest BCUT2D eigenvalue weighted by Gasteiger charge is -2.06.